The molecule has 0 bridgehead atoms. The molecule has 0 radical (unpaired) electrons. The van der Waals surface area contributed by atoms with Gasteiger partial charge in [-0.25, -0.2) is 9.97 Å². The summed E-state index contributed by atoms with van der Waals surface area (Å²) in [5.74, 6) is 0.210. The number of hydrogen-bond donors (Lipinski definition) is 0. The molecule has 1 aromatic heterocycles. The molecule has 6 heteroatoms. The minimum atomic E-state index is -4.54. The monoisotopic (exact) mass is 309 g/mol. The van der Waals surface area contributed by atoms with Gasteiger partial charge < -0.3 is 4.90 Å². The molecule has 2 aromatic rings. The molecule has 0 N–H and O–H groups in total. The Hall–Kier alpha value is -1.85. The average Bonchev–Trinajstić information content (AvgIpc) is 2.44. The molecule has 0 aliphatic carbocycles. The van der Waals surface area contributed by atoms with Gasteiger partial charge >= 0.3 is 6.18 Å². The van der Waals surface area contributed by atoms with Crippen molar-refractivity contribution in [1.82, 2.24) is 9.97 Å². The molecule has 1 aliphatic rings. The molecule has 0 saturated carbocycles. The number of halogens is 3. The van der Waals surface area contributed by atoms with Crippen LogP contribution in [0.5, 0.6) is 0 Å². The fraction of sp³-hybridized carbons (Fsp3) is 0.500. The molecule has 1 fully saturated rings. The van der Waals surface area contributed by atoms with E-state index in [-0.39, 0.29) is 0 Å². The Bertz CT molecular complexity index is 674. The first-order valence-corrected chi connectivity index (χ1v) is 7.43. The Labute approximate surface area is 127 Å². The standard InChI is InChI=1S/C16H18F3N3/c1-10-7-11(2)9-22(8-10)14-12-5-3-4-6-13(12)20-15(21-14)16(17,18)19/h3-6,10-11H,7-9H2,1-2H3/t10-,11+. The molecule has 3 rings (SSSR count). The van der Waals surface area contributed by atoms with E-state index in [1.54, 1.807) is 24.3 Å². The van der Waals surface area contributed by atoms with Gasteiger partial charge in [-0.2, -0.15) is 13.2 Å². The van der Waals surface area contributed by atoms with Gasteiger partial charge in [0.05, 0.1) is 5.52 Å². The van der Waals surface area contributed by atoms with Crippen molar-refractivity contribution in [3.63, 3.8) is 0 Å². The van der Waals surface area contributed by atoms with Gasteiger partial charge in [-0.1, -0.05) is 26.0 Å². The summed E-state index contributed by atoms with van der Waals surface area (Å²) >= 11 is 0. The van der Waals surface area contributed by atoms with Crippen LogP contribution in [0.3, 0.4) is 0 Å². The van der Waals surface area contributed by atoms with E-state index in [4.69, 9.17) is 0 Å². The predicted octanol–water partition coefficient (Wildman–Crippen LogP) is 4.13. The van der Waals surface area contributed by atoms with E-state index in [1.165, 1.54) is 0 Å². The van der Waals surface area contributed by atoms with Crippen molar-refractivity contribution >= 4 is 16.7 Å². The quantitative estimate of drug-likeness (QED) is 0.793. The molecule has 3 nitrogen and oxygen atoms in total. The molecule has 22 heavy (non-hydrogen) atoms. The first-order chi connectivity index (χ1) is 10.3. The second-order valence-corrected chi connectivity index (χ2v) is 6.24. The van der Waals surface area contributed by atoms with Crippen molar-refractivity contribution in [1.29, 1.82) is 0 Å². The van der Waals surface area contributed by atoms with Gasteiger partial charge in [-0.15, -0.1) is 0 Å². The number of rotatable bonds is 1. The van der Waals surface area contributed by atoms with Gasteiger partial charge in [0.1, 0.15) is 5.82 Å². The summed E-state index contributed by atoms with van der Waals surface area (Å²) in [6.45, 7) is 5.69. The van der Waals surface area contributed by atoms with Gasteiger partial charge in [0.15, 0.2) is 0 Å². The van der Waals surface area contributed by atoms with Crippen molar-refractivity contribution < 1.29 is 13.2 Å². The van der Waals surface area contributed by atoms with Crippen LogP contribution in [0.4, 0.5) is 19.0 Å². The zero-order valence-electron chi connectivity index (χ0n) is 12.6. The molecule has 1 saturated heterocycles. The zero-order chi connectivity index (χ0) is 15.9. The Kier molecular flexibility index (Phi) is 3.70. The molecule has 1 aliphatic heterocycles. The van der Waals surface area contributed by atoms with E-state index in [9.17, 15) is 13.2 Å². The van der Waals surface area contributed by atoms with Crippen LogP contribution < -0.4 is 4.90 Å². The first-order valence-electron chi connectivity index (χ1n) is 7.43. The smallest absolute Gasteiger partial charge is 0.355 e. The molecular formula is C16H18F3N3. The summed E-state index contributed by atoms with van der Waals surface area (Å²) in [6, 6.07) is 6.89. The third kappa shape index (κ3) is 2.87. The summed E-state index contributed by atoms with van der Waals surface area (Å²) in [6.07, 6.45) is -3.45. The Morgan fingerprint density at radius 2 is 1.68 bits per heavy atom. The summed E-state index contributed by atoms with van der Waals surface area (Å²) in [4.78, 5) is 9.50. The fourth-order valence-electron chi connectivity index (χ4n) is 3.26. The molecule has 118 valence electrons. The average molecular weight is 309 g/mol. The lowest BCUT2D eigenvalue weighted by atomic mass is 9.92. The molecule has 1 aromatic carbocycles. The highest BCUT2D eigenvalue weighted by Crippen LogP contribution is 2.34. The lowest BCUT2D eigenvalue weighted by Crippen LogP contribution is -2.39. The molecule has 0 amide bonds. The maximum absolute atomic E-state index is 13.1. The van der Waals surface area contributed by atoms with Crippen molar-refractivity contribution in [2.75, 3.05) is 18.0 Å². The van der Waals surface area contributed by atoms with Crippen LogP contribution in [0.1, 0.15) is 26.1 Å². The number of alkyl halides is 3. The maximum Gasteiger partial charge on any atom is 0.451 e. The van der Waals surface area contributed by atoms with Gasteiger partial charge in [0, 0.05) is 18.5 Å². The Morgan fingerprint density at radius 3 is 2.32 bits per heavy atom. The Morgan fingerprint density at radius 1 is 1.05 bits per heavy atom. The van der Waals surface area contributed by atoms with Crippen molar-refractivity contribution in [2.45, 2.75) is 26.4 Å². The number of anilines is 1. The second kappa shape index (κ2) is 5.41. The normalized spacial score (nSPS) is 23.0. The predicted molar refractivity (Wildman–Crippen MR) is 79.7 cm³/mol. The van der Waals surface area contributed by atoms with Crippen molar-refractivity contribution in [3.05, 3.63) is 30.1 Å². The van der Waals surface area contributed by atoms with Crippen LogP contribution in [-0.2, 0) is 6.18 Å². The van der Waals surface area contributed by atoms with Gasteiger partial charge in [0.2, 0.25) is 5.82 Å². The summed E-state index contributed by atoms with van der Waals surface area (Å²) in [7, 11) is 0. The molecule has 0 unspecified atom stereocenters. The first kappa shape index (κ1) is 15.1. The number of piperidine rings is 1. The Balaban J connectivity index is 2.14. The number of hydrogen-bond acceptors (Lipinski definition) is 3. The van der Waals surface area contributed by atoms with Crippen LogP contribution in [0.25, 0.3) is 10.9 Å². The van der Waals surface area contributed by atoms with Gasteiger partial charge in [-0.3, -0.25) is 0 Å². The third-order valence-electron chi connectivity index (χ3n) is 4.01. The zero-order valence-corrected chi connectivity index (χ0v) is 12.6. The van der Waals surface area contributed by atoms with Crippen molar-refractivity contribution in [2.24, 2.45) is 11.8 Å². The minimum absolute atomic E-state index is 0.339. The molecule has 2 heterocycles. The fourth-order valence-corrected chi connectivity index (χ4v) is 3.26. The van der Waals surface area contributed by atoms with Gasteiger partial charge in [0.25, 0.3) is 0 Å². The number of para-hydroxylation sites is 1. The maximum atomic E-state index is 13.1. The van der Waals surface area contributed by atoms with Gasteiger partial charge in [-0.05, 0) is 30.4 Å². The van der Waals surface area contributed by atoms with E-state index in [1.807, 2.05) is 4.90 Å². The van der Waals surface area contributed by atoms with Crippen LogP contribution in [-0.4, -0.2) is 23.1 Å². The topological polar surface area (TPSA) is 29.0 Å². The third-order valence-corrected chi connectivity index (χ3v) is 4.01. The minimum Gasteiger partial charge on any atom is -0.355 e. The van der Waals surface area contributed by atoms with Crippen LogP contribution >= 0.6 is 0 Å². The summed E-state index contributed by atoms with van der Waals surface area (Å²) in [5.41, 5.74) is 0.339. The number of fused-ring (bicyclic) bond motifs is 1. The number of nitrogens with zero attached hydrogens (tertiary/aromatic N) is 3. The lowest BCUT2D eigenvalue weighted by molar-refractivity contribution is -0.144. The molecular weight excluding hydrogens is 291 g/mol. The van der Waals surface area contributed by atoms with Crippen LogP contribution in [0.2, 0.25) is 0 Å². The van der Waals surface area contributed by atoms with E-state index in [0.29, 0.717) is 28.6 Å². The SMILES string of the molecule is C[C@@H]1C[C@H](C)CN(c2nc(C(F)(F)F)nc3ccccc23)C1. The van der Waals surface area contributed by atoms with E-state index >= 15 is 0 Å². The largest absolute Gasteiger partial charge is 0.451 e. The van der Waals surface area contributed by atoms with E-state index < -0.39 is 12.0 Å². The van der Waals surface area contributed by atoms with Crippen molar-refractivity contribution in [3.8, 4) is 0 Å². The number of aromatic nitrogens is 2. The van der Waals surface area contributed by atoms with E-state index in [0.717, 1.165) is 19.5 Å². The van der Waals surface area contributed by atoms with Crippen LogP contribution in [0.15, 0.2) is 24.3 Å². The molecule has 0 spiro atoms. The highest BCUT2D eigenvalue weighted by molar-refractivity contribution is 5.89. The second-order valence-electron chi connectivity index (χ2n) is 6.24. The highest BCUT2D eigenvalue weighted by Gasteiger charge is 2.36. The summed E-state index contributed by atoms with van der Waals surface area (Å²) in [5, 5.41) is 0.678. The van der Waals surface area contributed by atoms with E-state index in [2.05, 4.69) is 23.8 Å². The summed E-state index contributed by atoms with van der Waals surface area (Å²) < 4.78 is 39.2. The molecule has 2 atom stereocenters. The number of benzene rings is 1. The van der Waals surface area contributed by atoms with Crippen LogP contribution in [0, 0.1) is 11.8 Å². The highest BCUT2D eigenvalue weighted by atomic mass is 19.4. The lowest BCUT2D eigenvalue weighted by Gasteiger charge is -2.36.